The predicted molar refractivity (Wildman–Crippen MR) is 69.9 cm³/mol. The lowest BCUT2D eigenvalue weighted by atomic mass is 9.97. The first kappa shape index (κ1) is 14.3. The predicted octanol–water partition coefficient (Wildman–Crippen LogP) is 2.37. The Kier molecular flexibility index (Phi) is 5.25. The third-order valence-electron chi connectivity index (χ3n) is 2.96. The first-order valence-electron chi connectivity index (χ1n) is 5.36. The normalized spacial score (nSPS) is 23.1. The number of rotatable bonds is 3. The van der Waals surface area contributed by atoms with Gasteiger partial charge in [-0.3, -0.25) is 4.79 Å². The molecule has 17 heavy (non-hydrogen) atoms. The van der Waals surface area contributed by atoms with Gasteiger partial charge in [-0.25, -0.2) is 0 Å². The molecule has 0 radical (unpaired) electrons. The molecule has 0 aromatic heterocycles. The molecule has 2 atom stereocenters. The molecule has 0 amide bonds. The molecule has 1 heterocycles. The summed E-state index contributed by atoms with van der Waals surface area (Å²) in [6.45, 7) is 0.777. The lowest BCUT2D eigenvalue weighted by molar-refractivity contribution is -0.139. The fraction of sp³-hybridized carbons (Fsp3) is 0.417. The molecule has 2 N–H and O–H groups in total. The minimum Gasteiger partial charge on any atom is -0.480 e. The number of aliphatic carboxylic acids is 1. The van der Waals surface area contributed by atoms with E-state index in [1.54, 1.807) is 0 Å². The van der Waals surface area contributed by atoms with Crippen LogP contribution >= 0.6 is 24.0 Å². The van der Waals surface area contributed by atoms with Gasteiger partial charge in [0.05, 0.1) is 0 Å². The molecule has 0 saturated carbocycles. The molecule has 0 spiro atoms. The van der Waals surface area contributed by atoms with Crippen LogP contribution in [0.4, 0.5) is 0 Å². The van der Waals surface area contributed by atoms with Gasteiger partial charge in [-0.1, -0.05) is 23.7 Å². The lowest BCUT2D eigenvalue weighted by Crippen LogP contribution is -2.29. The number of hydrogen-bond donors (Lipinski definition) is 2. The van der Waals surface area contributed by atoms with Gasteiger partial charge in [0.15, 0.2) is 0 Å². The quantitative estimate of drug-likeness (QED) is 0.891. The largest absolute Gasteiger partial charge is 0.480 e. The number of nitrogens with one attached hydrogen (secondary N) is 1. The minimum absolute atomic E-state index is 0. The van der Waals surface area contributed by atoms with E-state index in [0.717, 1.165) is 18.0 Å². The second-order valence-electron chi connectivity index (χ2n) is 4.23. The summed E-state index contributed by atoms with van der Waals surface area (Å²) in [5.74, 6) is -0.346. The SMILES string of the molecule is Cl.O=C(O)[C@@H]1C[C@@H](Cc2ccc(Cl)cc2)CN1. The molecule has 0 unspecified atom stereocenters. The van der Waals surface area contributed by atoms with Crippen LogP contribution in [0.15, 0.2) is 24.3 Å². The molecule has 1 aliphatic rings. The summed E-state index contributed by atoms with van der Waals surface area (Å²) in [7, 11) is 0. The van der Waals surface area contributed by atoms with Crippen molar-refractivity contribution in [3.05, 3.63) is 34.9 Å². The Balaban J connectivity index is 0.00000144. The number of hydrogen-bond acceptors (Lipinski definition) is 2. The Morgan fingerprint density at radius 1 is 1.41 bits per heavy atom. The molecule has 2 rings (SSSR count). The Labute approximate surface area is 112 Å². The summed E-state index contributed by atoms with van der Waals surface area (Å²) in [5.41, 5.74) is 1.21. The molecule has 1 aliphatic heterocycles. The van der Waals surface area contributed by atoms with Crippen LogP contribution in [0.2, 0.25) is 5.02 Å². The topological polar surface area (TPSA) is 49.3 Å². The van der Waals surface area contributed by atoms with Gasteiger partial charge in [-0.15, -0.1) is 12.4 Å². The summed E-state index contributed by atoms with van der Waals surface area (Å²) < 4.78 is 0. The van der Waals surface area contributed by atoms with Crippen LogP contribution in [0.3, 0.4) is 0 Å². The number of carbonyl (C=O) groups is 1. The average Bonchev–Trinajstić information content (AvgIpc) is 2.70. The molecule has 5 heteroatoms. The highest BCUT2D eigenvalue weighted by molar-refractivity contribution is 6.30. The van der Waals surface area contributed by atoms with E-state index in [9.17, 15) is 4.79 Å². The zero-order chi connectivity index (χ0) is 11.5. The van der Waals surface area contributed by atoms with Crippen LogP contribution in [0.1, 0.15) is 12.0 Å². The molecular formula is C12H15Cl2NO2. The Bertz CT molecular complexity index is 381. The van der Waals surface area contributed by atoms with Crippen molar-refractivity contribution in [1.82, 2.24) is 5.32 Å². The first-order valence-corrected chi connectivity index (χ1v) is 5.73. The lowest BCUT2D eigenvalue weighted by Gasteiger charge is -2.08. The number of halogens is 2. The first-order chi connectivity index (χ1) is 7.65. The molecule has 1 fully saturated rings. The van der Waals surface area contributed by atoms with Crippen LogP contribution in [0.25, 0.3) is 0 Å². The molecule has 1 saturated heterocycles. The number of carboxylic acid groups (broad SMARTS) is 1. The summed E-state index contributed by atoms with van der Waals surface area (Å²) in [5, 5.41) is 12.6. The van der Waals surface area contributed by atoms with Gasteiger partial charge in [-0.05, 0) is 43.0 Å². The summed E-state index contributed by atoms with van der Waals surface area (Å²) in [6.07, 6.45) is 1.62. The number of benzene rings is 1. The highest BCUT2D eigenvalue weighted by Gasteiger charge is 2.28. The second kappa shape index (κ2) is 6.24. The van der Waals surface area contributed by atoms with Crippen molar-refractivity contribution >= 4 is 30.0 Å². The van der Waals surface area contributed by atoms with Gasteiger partial charge in [-0.2, -0.15) is 0 Å². The second-order valence-corrected chi connectivity index (χ2v) is 4.67. The van der Waals surface area contributed by atoms with E-state index < -0.39 is 5.97 Å². The highest BCUT2D eigenvalue weighted by atomic mass is 35.5. The molecule has 1 aromatic carbocycles. The van der Waals surface area contributed by atoms with Gasteiger partial charge in [0.2, 0.25) is 0 Å². The smallest absolute Gasteiger partial charge is 0.320 e. The Hall–Kier alpha value is -0.770. The standard InChI is InChI=1S/C12H14ClNO2.ClH/c13-10-3-1-8(2-4-10)5-9-6-11(12(15)16)14-7-9;/h1-4,9,11,14H,5-7H2,(H,15,16);1H/t9-,11+;/m1./s1. The zero-order valence-corrected chi connectivity index (χ0v) is 10.8. The van der Waals surface area contributed by atoms with Gasteiger partial charge in [0.25, 0.3) is 0 Å². The van der Waals surface area contributed by atoms with Gasteiger partial charge < -0.3 is 10.4 Å². The fourth-order valence-corrected chi connectivity index (χ4v) is 2.23. The van der Waals surface area contributed by atoms with Gasteiger partial charge in [0.1, 0.15) is 6.04 Å². The number of carboxylic acids is 1. The maximum atomic E-state index is 10.8. The molecule has 94 valence electrons. The molecular weight excluding hydrogens is 261 g/mol. The van der Waals surface area contributed by atoms with Crippen molar-refractivity contribution in [3.63, 3.8) is 0 Å². The monoisotopic (exact) mass is 275 g/mol. The van der Waals surface area contributed by atoms with Gasteiger partial charge >= 0.3 is 5.97 Å². The van der Waals surface area contributed by atoms with Crippen LogP contribution < -0.4 is 5.32 Å². The molecule has 1 aromatic rings. The van der Waals surface area contributed by atoms with Crippen molar-refractivity contribution in [2.45, 2.75) is 18.9 Å². The summed E-state index contributed by atoms with van der Waals surface area (Å²) in [4.78, 5) is 10.8. The molecule has 3 nitrogen and oxygen atoms in total. The maximum absolute atomic E-state index is 10.8. The van der Waals surface area contributed by atoms with E-state index in [0.29, 0.717) is 12.3 Å². The van der Waals surface area contributed by atoms with Crippen molar-refractivity contribution in [3.8, 4) is 0 Å². The summed E-state index contributed by atoms with van der Waals surface area (Å²) >= 11 is 5.80. The Morgan fingerprint density at radius 3 is 2.59 bits per heavy atom. The van der Waals surface area contributed by atoms with Gasteiger partial charge in [0, 0.05) is 5.02 Å². The Morgan fingerprint density at radius 2 is 2.06 bits per heavy atom. The van der Waals surface area contributed by atoms with Crippen molar-refractivity contribution in [2.24, 2.45) is 5.92 Å². The van der Waals surface area contributed by atoms with Crippen LogP contribution in [0.5, 0.6) is 0 Å². The van der Waals surface area contributed by atoms with E-state index >= 15 is 0 Å². The fourth-order valence-electron chi connectivity index (χ4n) is 2.11. The van der Waals surface area contributed by atoms with Crippen molar-refractivity contribution < 1.29 is 9.90 Å². The zero-order valence-electron chi connectivity index (χ0n) is 9.23. The molecule has 0 bridgehead atoms. The van der Waals surface area contributed by atoms with Crippen molar-refractivity contribution in [1.29, 1.82) is 0 Å². The minimum atomic E-state index is -0.751. The van der Waals surface area contributed by atoms with Crippen molar-refractivity contribution in [2.75, 3.05) is 6.54 Å². The third-order valence-corrected chi connectivity index (χ3v) is 3.21. The average molecular weight is 276 g/mol. The third kappa shape index (κ3) is 3.87. The van der Waals surface area contributed by atoms with E-state index in [1.807, 2.05) is 24.3 Å². The highest BCUT2D eigenvalue weighted by Crippen LogP contribution is 2.20. The van der Waals surface area contributed by atoms with E-state index in [1.165, 1.54) is 5.56 Å². The van der Waals surface area contributed by atoms with E-state index in [-0.39, 0.29) is 18.4 Å². The van der Waals surface area contributed by atoms with E-state index in [4.69, 9.17) is 16.7 Å². The summed E-state index contributed by atoms with van der Waals surface area (Å²) in [6, 6.07) is 7.35. The van der Waals surface area contributed by atoms with Crippen LogP contribution in [0, 0.1) is 5.92 Å². The van der Waals surface area contributed by atoms with Crippen LogP contribution in [-0.4, -0.2) is 23.7 Å². The maximum Gasteiger partial charge on any atom is 0.320 e. The van der Waals surface area contributed by atoms with E-state index in [2.05, 4.69) is 5.32 Å². The molecule has 0 aliphatic carbocycles. The van der Waals surface area contributed by atoms with Crippen LogP contribution in [-0.2, 0) is 11.2 Å².